The van der Waals surface area contributed by atoms with Crippen molar-refractivity contribution in [3.05, 3.63) is 64.2 Å². The minimum atomic E-state index is -1.46. The quantitative estimate of drug-likeness (QED) is 0.720. The lowest BCUT2D eigenvalue weighted by Crippen LogP contribution is -2.28. The molecule has 0 saturated carbocycles. The Kier molecular flexibility index (Phi) is 5.55. The van der Waals surface area contributed by atoms with Gasteiger partial charge in [0.1, 0.15) is 5.75 Å². The number of imide groups is 1. The molecule has 2 aromatic carbocycles. The van der Waals surface area contributed by atoms with Crippen molar-refractivity contribution in [2.45, 2.75) is 12.8 Å². The zero-order chi connectivity index (χ0) is 17.7. The number of nitrogens with one attached hydrogen (secondary N) is 1. The largest absolute Gasteiger partial charge is 0.508 e. The van der Waals surface area contributed by atoms with Crippen molar-refractivity contribution in [1.29, 1.82) is 0 Å². The summed E-state index contributed by atoms with van der Waals surface area (Å²) in [7, 11) is 0. The summed E-state index contributed by atoms with van der Waals surface area (Å²) < 4.78 is 0. The van der Waals surface area contributed by atoms with E-state index in [9.17, 15) is 19.5 Å². The van der Waals surface area contributed by atoms with Crippen LogP contribution in [0.2, 0.25) is 5.02 Å². The smallest absolute Gasteiger partial charge is 0.411 e. The third-order valence-electron chi connectivity index (χ3n) is 3.31. The summed E-state index contributed by atoms with van der Waals surface area (Å²) in [5.41, 5.74) is 1.20. The first-order valence-corrected chi connectivity index (χ1v) is 7.39. The fraction of sp³-hybridized carbons (Fsp3) is 0.118. The topological polar surface area (TPSA) is 104 Å². The van der Waals surface area contributed by atoms with Crippen molar-refractivity contribution in [3.8, 4) is 5.75 Å². The molecular formula is C17H14ClNO5. The van der Waals surface area contributed by atoms with Crippen LogP contribution in [-0.4, -0.2) is 28.0 Å². The molecule has 0 saturated heterocycles. The van der Waals surface area contributed by atoms with Gasteiger partial charge in [0.25, 0.3) is 5.91 Å². The molecule has 2 aromatic rings. The number of carbonyl (C=O) groups excluding carboxylic acids is 2. The fourth-order valence-corrected chi connectivity index (χ4v) is 2.43. The molecular weight excluding hydrogens is 334 g/mol. The molecule has 24 heavy (non-hydrogen) atoms. The van der Waals surface area contributed by atoms with Crippen LogP contribution in [0.15, 0.2) is 42.5 Å². The number of rotatable bonds is 5. The van der Waals surface area contributed by atoms with Crippen LogP contribution in [0.25, 0.3) is 0 Å². The van der Waals surface area contributed by atoms with Crippen LogP contribution in [0.1, 0.15) is 32.7 Å². The first-order valence-electron chi connectivity index (χ1n) is 7.02. The number of phenolic OH excluding ortho intramolecular Hbond substituents is 1. The lowest BCUT2D eigenvalue weighted by atomic mass is 10.0. The molecule has 0 spiro atoms. The van der Waals surface area contributed by atoms with Crippen LogP contribution >= 0.6 is 11.6 Å². The van der Waals surface area contributed by atoms with E-state index in [2.05, 4.69) is 0 Å². The Hall–Kier alpha value is -2.86. The minimum Gasteiger partial charge on any atom is -0.508 e. The SMILES string of the molecule is O=C(O)NC(=O)c1ccc(CCC(=O)c2cccc(O)c2)cc1Cl. The van der Waals surface area contributed by atoms with Gasteiger partial charge in [-0.15, -0.1) is 0 Å². The van der Waals surface area contributed by atoms with Crippen LogP contribution < -0.4 is 5.32 Å². The second-order valence-electron chi connectivity index (χ2n) is 5.05. The number of hydrogen-bond donors (Lipinski definition) is 3. The number of halogens is 1. The van der Waals surface area contributed by atoms with Gasteiger partial charge in [0.05, 0.1) is 10.6 Å². The summed E-state index contributed by atoms with van der Waals surface area (Å²) in [6, 6.07) is 10.6. The number of carboxylic acid groups (broad SMARTS) is 1. The second kappa shape index (κ2) is 7.61. The summed E-state index contributed by atoms with van der Waals surface area (Å²) >= 11 is 5.99. The molecule has 0 bridgehead atoms. The first-order chi connectivity index (χ1) is 11.4. The highest BCUT2D eigenvalue weighted by Gasteiger charge is 2.14. The Morgan fingerprint density at radius 3 is 2.46 bits per heavy atom. The highest BCUT2D eigenvalue weighted by Crippen LogP contribution is 2.20. The Morgan fingerprint density at radius 2 is 1.83 bits per heavy atom. The van der Waals surface area contributed by atoms with Crippen LogP contribution in [0, 0.1) is 0 Å². The first kappa shape index (κ1) is 17.5. The third-order valence-corrected chi connectivity index (χ3v) is 3.62. The molecule has 0 fully saturated rings. The van der Waals surface area contributed by atoms with E-state index in [1.807, 2.05) is 0 Å². The molecule has 2 rings (SSSR count). The molecule has 0 unspecified atom stereocenters. The predicted octanol–water partition coefficient (Wildman–Crippen LogP) is 3.27. The van der Waals surface area contributed by atoms with E-state index in [4.69, 9.17) is 16.7 Å². The summed E-state index contributed by atoms with van der Waals surface area (Å²) in [5, 5.41) is 19.7. The Bertz CT molecular complexity index is 803. The molecule has 3 N–H and O–H groups in total. The van der Waals surface area contributed by atoms with Gasteiger partial charge in [-0.05, 0) is 36.2 Å². The predicted molar refractivity (Wildman–Crippen MR) is 87.7 cm³/mol. The second-order valence-corrected chi connectivity index (χ2v) is 5.45. The van der Waals surface area contributed by atoms with Gasteiger partial charge in [0, 0.05) is 12.0 Å². The van der Waals surface area contributed by atoms with Crippen molar-refractivity contribution in [1.82, 2.24) is 5.32 Å². The number of ketones is 1. The highest BCUT2D eigenvalue weighted by atomic mass is 35.5. The molecule has 0 radical (unpaired) electrons. The lowest BCUT2D eigenvalue weighted by molar-refractivity contribution is 0.0945. The standard InChI is InChI=1S/C17H14ClNO5/c18-14-8-10(4-6-13(14)16(22)19-17(23)24)5-7-15(21)11-2-1-3-12(20)9-11/h1-4,6,8-9,20H,5,7H2,(H,19,22)(H,23,24). The molecule has 0 aromatic heterocycles. The maximum atomic E-state index is 12.1. The highest BCUT2D eigenvalue weighted by molar-refractivity contribution is 6.34. The van der Waals surface area contributed by atoms with Crippen molar-refractivity contribution < 1.29 is 24.6 Å². The molecule has 6 nitrogen and oxygen atoms in total. The maximum absolute atomic E-state index is 12.1. The molecule has 0 aliphatic heterocycles. The molecule has 0 heterocycles. The Morgan fingerprint density at radius 1 is 1.08 bits per heavy atom. The number of phenols is 1. The number of benzene rings is 2. The zero-order valence-electron chi connectivity index (χ0n) is 12.5. The van der Waals surface area contributed by atoms with Gasteiger partial charge < -0.3 is 10.2 Å². The molecule has 2 amide bonds. The van der Waals surface area contributed by atoms with Crippen molar-refractivity contribution in [2.75, 3.05) is 0 Å². The van der Waals surface area contributed by atoms with Gasteiger partial charge in [-0.1, -0.05) is 29.8 Å². The van der Waals surface area contributed by atoms with Gasteiger partial charge in [-0.25, -0.2) is 4.79 Å². The Balaban J connectivity index is 2.03. The van der Waals surface area contributed by atoms with Crippen molar-refractivity contribution >= 4 is 29.4 Å². The van der Waals surface area contributed by atoms with E-state index < -0.39 is 12.0 Å². The van der Waals surface area contributed by atoms with E-state index >= 15 is 0 Å². The number of aryl methyl sites for hydroxylation is 1. The van der Waals surface area contributed by atoms with Crippen molar-refractivity contribution in [2.24, 2.45) is 0 Å². The summed E-state index contributed by atoms with van der Waals surface area (Å²) in [6.45, 7) is 0. The van der Waals surface area contributed by atoms with Gasteiger partial charge in [-0.3, -0.25) is 14.9 Å². The normalized spacial score (nSPS) is 10.2. The Labute approximate surface area is 142 Å². The van der Waals surface area contributed by atoms with Crippen LogP contribution in [-0.2, 0) is 6.42 Å². The van der Waals surface area contributed by atoms with Gasteiger partial charge in [-0.2, -0.15) is 0 Å². The monoisotopic (exact) mass is 347 g/mol. The van der Waals surface area contributed by atoms with Crippen LogP contribution in [0.3, 0.4) is 0 Å². The van der Waals surface area contributed by atoms with Crippen molar-refractivity contribution in [3.63, 3.8) is 0 Å². The van der Waals surface area contributed by atoms with E-state index in [1.165, 1.54) is 24.3 Å². The van der Waals surface area contributed by atoms with Gasteiger partial charge in [0.2, 0.25) is 0 Å². The number of aromatic hydroxyl groups is 1. The number of amides is 2. The third kappa shape index (κ3) is 4.57. The van der Waals surface area contributed by atoms with E-state index in [0.717, 1.165) is 5.56 Å². The minimum absolute atomic E-state index is 0.0256. The summed E-state index contributed by atoms with van der Waals surface area (Å²) in [4.78, 5) is 34.2. The van der Waals surface area contributed by atoms with Crippen LogP contribution in [0.5, 0.6) is 5.75 Å². The summed E-state index contributed by atoms with van der Waals surface area (Å²) in [5.74, 6) is -0.915. The molecule has 0 aliphatic carbocycles. The zero-order valence-corrected chi connectivity index (χ0v) is 13.2. The molecule has 0 aliphatic rings. The van der Waals surface area contributed by atoms with Crippen LogP contribution in [0.4, 0.5) is 4.79 Å². The lowest BCUT2D eigenvalue weighted by Gasteiger charge is -2.06. The summed E-state index contributed by atoms with van der Waals surface area (Å²) in [6.07, 6.45) is -0.855. The van der Waals surface area contributed by atoms with Gasteiger partial charge >= 0.3 is 6.09 Å². The van der Waals surface area contributed by atoms with E-state index in [0.29, 0.717) is 12.0 Å². The number of carbonyl (C=O) groups is 3. The number of Topliss-reactive ketones (excluding diaryl/α,β-unsaturated/α-hetero) is 1. The van der Waals surface area contributed by atoms with Gasteiger partial charge in [0.15, 0.2) is 5.78 Å². The average Bonchev–Trinajstić information content (AvgIpc) is 2.51. The van der Waals surface area contributed by atoms with E-state index in [1.54, 1.807) is 23.5 Å². The fourth-order valence-electron chi connectivity index (χ4n) is 2.14. The number of hydrogen-bond acceptors (Lipinski definition) is 4. The average molecular weight is 348 g/mol. The molecule has 7 heteroatoms. The molecule has 124 valence electrons. The molecule has 0 atom stereocenters. The van der Waals surface area contributed by atoms with E-state index in [-0.39, 0.29) is 28.5 Å². The maximum Gasteiger partial charge on any atom is 0.411 e.